The van der Waals surface area contributed by atoms with Gasteiger partial charge in [0.25, 0.3) is 0 Å². The minimum absolute atomic E-state index is 0.368. The van der Waals surface area contributed by atoms with Crippen molar-refractivity contribution in [1.82, 2.24) is 4.90 Å². The van der Waals surface area contributed by atoms with Crippen LogP contribution in [0.4, 0.5) is 0 Å². The molecule has 0 aromatic rings. The Labute approximate surface area is 119 Å². The van der Waals surface area contributed by atoms with Crippen LogP contribution in [0.1, 0.15) is 71.1 Å². The van der Waals surface area contributed by atoms with Gasteiger partial charge in [-0.15, -0.1) is 0 Å². The van der Waals surface area contributed by atoms with Crippen LogP contribution in [0.2, 0.25) is 0 Å². The van der Waals surface area contributed by atoms with E-state index in [1.165, 1.54) is 70.8 Å². The molecule has 0 amide bonds. The van der Waals surface area contributed by atoms with E-state index in [2.05, 4.69) is 11.8 Å². The maximum Gasteiger partial charge on any atom is 0.0337 e. The second-order valence-electron chi connectivity index (χ2n) is 7.37. The predicted molar refractivity (Wildman–Crippen MR) is 81.1 cm³/mol. The van der Waals surface area contributed by atoms with Crippen molar-refractivity contribution in [3.8, 4) is 0 Å². The maximum atomic E-state index is 6.33. The first kappa shape index (κ1) is 13.9. The zero-order valence-electron chi connectivity index (χ0n) is 12.7. The molecule has 2 saturated carbocycles. The van der Waals surface area contributed by atoms with Gasteiger partial charge >= 0.3 is 0 Å². The molecular formula is C17H32N2. The van der Waals surface area contributed by atoms with Gasteiger partial charge < -0.3 is 5.73 Å². The first-order valence-corrected chi connectivity index (χ1v) is 8.76. The van der Waals surface area contributed by atoms with Crippen molar-refractivity contribution in [2.45, 2.75) is 82.7 Å². The van der Waals surface area contributed by atoms with E-state index in [1.54, 1.807) is 0 Å². The van der Waals surface area contributed by atoms with Crippen LogP contribution in [0.15, 0.2) is 0 Å². The van der Waals surface area contributed by atoms with Gasteiger partial charge in [-0.1, -0.05) is 26.2 Å². The summed E-state index contributed by atoms with van der Waals surface area (Å²) in [5.74, 6) is 2.06. The van der Waals surface area contributed by atoms with E-state index in [1.807, 2.05) is 0 Å². The average Bonchev–Trinajstić information content (AvgIpc) is 3.32. The Morgan fingerprint density at radius 2 is 1.89 bits per heavy atom. The lowest BCUT2D eigenvalue weighted by Gasteiger charge is -2.53. The summed E-state index contributed by atoms with van der Waals surface area (Å²) in [6.45, 7) is 4.58. The molecule has 2 aliphatic carbocycles. The van der Waals surface area contributed by atoms with Gasteiger partial charge in [-0.3, -0.25) is 4.90 Å². The molecule has 19 heavy (non-hydrogen) atoms. The van der Waals surface area contributed by atoms with Gasteiger partial charge in [-0.2, -0.15) is 0 Å². The van der Waals surface area contributed by atoms with Crippen molar-refractivity contribution < 1.29 is 0 Å². The molecule has 110 valence electrons. The summed E-state index contributed by atoms with van der Waals surface area (Å²) in [5.41, 5.74) is 6.69. The molecular weight excluding hydrogens is 232 g/mol. The topological polar surface area (TPSA) is 29.3 Å². The van der Waals surface area contributed by atoms with E-state index in [9.17, 15) is 0 Å². The normalized spacial score (nSPS) is 41.4. The number of hydrogen-bond donors (Lipinski definition) is 1. The van der Waals surface area contributed by atoms with Crippen molar-refractivity contribution in [2.24, 2.45) is 17.6 Å². The van der Waals surface area contributed by atoms with Crippen molar-refractivity contribution in [2.75, 3.05) is 13.1 Å². The Bertz CT molecular complexity index is 300. The fourth-order valence-electron chi connectivity index (χ4n) is 4.97. The lowest BCUT2D eigenvalue weighted by molar-refractivity contribution is -0.0209. The Morgan fingerprint density at radius 1 is 1.05 bits per heavy atom. The molecule has 0 bridgehead atoms. The van der Waals surface area contributed by atoms with Crippen molar-refractivity contribution >= 4 is 0 Å². The lowest BCUT2D eigenvalue weighted by Crippen LogP contribution is -2.61. The van der Waals surface area contributed by atoms with E-state index in [-0.39, 0.29) is 0 Å². The molecule has 3 unspecified atom stereocenters. The Kier molecular flexibility index (Phi) is 4.19. The number of piperidine rings is 1. The summed E-state index contributed by atoms with van der Waals surface area (Å²) in [6, 6.07) is 0.815. The molecule has 1 aliphatic heterocycles. The summed E-state index contributed by atoms with van der Waals surface area (Å²) in [5, 5.41) is 0. The number of rotatable bonds is 4. The maximum absolute atomic E-state index is 6.33. The lowest BCUT2D eigenvalue weighted by atomic mass is 9.71. The van der Waals surface area contributed by atoms with Crippen molar-refractivity contribution in [3.05, 3.63) is 0 Å². The quantitative estimate of drug-likeness (QED) is 0.841. The van der Waals surface area contributed by atoms with Gasteiger partial charge in [-0.25, -0.2) is 0 Å². The molecule has 1 heterocycles. The third kappa shape index (κ3) is 2.71. The van der Waals surface area contributed by atoms with Crippen LogP contribution in [0, 0.1) is 11.8 Å². The van der Waals surface area contributed by atoms with Crippen LogP contribution in [0.3, 0.4) is 0 Å². The van der Waals surface area contributed by atoms with E-state index in [0.717, 1.165) is 24.4 Å². The largest absolute Gasteiger partial charge is 0.329 e. The number of likely N-dealkylation sites (tertiary alicyclic amines) is 1. The first-order valence-electron chi connectivity index (χ1n) is 8.76. The summed E-state index contributed by atoms with van der Waals surface area (Å²) >= 11 is 0. The van der Waals surface area contributed by atoms with E-state index < -0.39 is 0 Å². The number of nitrogens with zero attached hydrogens (tertiary/aromatic N) is 1. The number of hydrogen-bond acceptors (Lipinski definition) is 2. The summed E-state index contributed by atoms with van der Waals surface area (Å²) in [7, 11) is 0. The first-order chi connectivity index (χ1) is 9.29. The van der Waals surface area contributed by atoms with E-state index in [4.69, 9.17) is 5.73 Å². The van der Waals surface area contributed by atoms with Gasteiger partial charge in [-0.05, 0) is 63.3 Å². The highest BCUT2D eigenvalue weighted by Gasteiger charge is 2.46. The fraction of sp³-hybridized carbons (Fsp3) is 1.00. The monoisotopic (exact) mass is 264 g/mol. The number of nitrogens with two attached hydrogens (primary N) is 1. The SMILES string of the molecule is CCC1CCCCN1C1(CN)CCCC(C2CC2)C1. The van der Waals surface area contributed by atoms with Crippen LogP contribution in [-0.4, -0.2) is 29.6 Å². The molecule has 0 radical (unpaired) electrons. The van der Waals surface area contributed by atoms with Gasteiger partial charge in [0.05, 0.1) is 0 Å². The fourth-order valence-corrected chi connectivity index (χ4v) is 4.97. The average molecular weight is 264 g/mol. The Hall–Kier alpha value is -0.0800. The van der Waals surface area contributed by atoms with Crippen LogP contribution in [0.25, 0.3) is 0 Å². The zero-order valence-corrected chi connectivity index (χ0v) is 12.7. The Morgan fingerprint density at radius 3 is 2.58 bits per heavy atom. The highest BCUT2D eigenvalue weighted by atomic mass is 15.2. The molecule has 3 atom stereocenters. The highest BCUT2D eigenvalue weighted by molar-refractivity contribution is 5.02. The molecule has 0 aromatic heterocycles. The Balaban J connectivity index is 1.75. The van der Waals surface area contributed by atoms with Crippen molar-refractivity contribution in [1.29, 1.82) is 0 Å². The minimum Gasteiger partial charge on any atom is -0.329 e. The third-order valence-electron chi connectivity index (χ3n) is 6.24. The van der Waals surface area contributed by atoms with Crippen LogP contribution in [-0.2, 0) is 0 Å². The van der Waals surface area contributed by atoms with Crippen LogP contribution < -0.4 is 5.73 Å². The summed E-state index contributed by atoms with van der Waals surface area (Å²) in [6.07, 6.45) is 14.2. The smallest absolute Gasteiger partial charge is 0.0337 e. The summed E-state index contributed by atoms with van der Waals surface area (Å²) in [4.78, 5) is 2.87. The predicted octanol–water partition coefficient (Wildman–Crippen LogP) is 3.55. The van der Waals surface area contributed by atoms with Gasteiger partial charge in [0.15, 0.2) is 0 Å². The molecule has 3 rings (SSSR count). The third-order valence-corrected chi connectivity index (χ3v) is 6.24. The molecule has 0 spiro atoms. The molecule has 3 aliphatic rings. The summed E-state index contributed by atoms with van der Waals surface area (Å²) < 4.78 is 0. The highest BCUT2D eigenvalue weighted by Crippen LogP contribution is 2.49. The second kappa shape index (κ2) is 5.73. The molecule has 1 saturated heterocycles. The molecule has 0 aromatic carbocycles. The minimum atomic E-state index is 0.368. The van der Waals surface area contributed by atoms with Gasteiger partial charge in [0.1, 0.15) is 0 Å². The second-order valence-corrected chi connectivity index (χ2v) is 7.37. The van der Waals surface area contributed by atoms with E-state index >= 15 is 0 Å². The molecule has 2 nitrogen and oxygen atoms in total. The molecule has 2 heteroatoms. The molecule has 2 N–H and O–H groups in total. The van der Waals surface area contributed by atoms with E-state index in [0.29, 0.717) is 5.54 Å². The zero-order chi connectivity index (χ0) is 13.3. The molecule has 3 fully saturated rings. The van der Waals surface area contributed by atoms with Crippen LogP contribution >= 0.6 is 0 Å². The standard InChI is InChI=1S/C17H32N2/c1-2-16-7-3-4-11-19(16)17(13-18)10-5-6-15(12-17)14-8-9-14/h14-16H,2-13,18H2,1H3. The van der Waals surface area contributed by atoms with Gasteiger partial charge in [0.2, 0.25) is 0 Å². The van der Waals surface area contributed by atoms with Gasteiger partial charge in [0, 0.05) is 18.1 Å². The van der Waals surface area contributed by atoms with Crippen LogP contribution in [0.5, 0.6) is 0 Å². The van der Waals surface area contributed by atoms with Crippen molar-refractivity contribution in [3.63, 3.8) is 0 Å².